The van der Waals surface area contributed by atoms with Gasteiger partial charge in [-0.05, 0) is 33.1 Å². The molecule has 0 N–H and O–H groups in total. The van der Waals surface area contributed by atoms with Crippen LogP contribution in [-0.2, 0) is 9.53 Å². The van der Waals surface area contributed by atoms with Gasteiger partial charge in [0.15, 0.2) is 0 Å². The lowest BCUT2D eigenvalue weighted by Crippen LogP contribution is -2.37. The summed E-state index contributed by atoms with van der Waals surface area (Å²) < 4.78 is 5.37. The van der Waals surface area contributed by atoms with Crippen LogP contribution in [0.5, 0.6) is 0 Å². The number of thiol groups is 1. The summed E-state index contributed by atoms with van der Waals surface area (Å²) in [5.74, 6) is 0.533. The number of amides is 2. The maximum Gasteiger partial charge on any atom is 0.410 e. The molecule has 6 heteroatoms. The van der Waals surface area contributed by atoms with Crippen molar-refractivity contribution in [1.82, 2.24) is 9.80 Å². The number of hydrogen-bond acceptors (Lipinski definition) is 4. The summed E-state index contributed by atoms with van der Waals surface area (Å²) in [5, 5.41) is 0.158. The fourth-order valence-corrected chi connectivity index (χ4v) is 3.07. The number of ether oxygens (including phenoxy) is 1. The number of carbonyl (C=O) groups is 2. The van der Waals surface area contributed by atoms with E-state index in [0.717, 1.165) is 19.5 Å². The van der Waals surface area contributed by atoms with E-state index in [1.54, 1.807) is 4.90 Å². The van der Waals surface area contributed by atoms with Gasteiger partial charge in [0.2, 0.25) is 5.91 Å². The zero-order chi connectivity index (χ0) is 14.9. The summed E-state index contributed by atoms with van der Waals surface area (Å²) in [6.45, 7) is 8.46. The van der Waals surface area contributed by atoms with Crippen molar-refractivity contribution in [2.45, 2.75) is 44.5 Å². The first-order chi connectivity index (χ1) is 9.24. The average Bonchev–Trinajstić information content (AvgIpc) is 2.85. The van der Waals surface area contributed by atoms with Gasteiger partial charge in [0.05, 0.1) is 0 Å². The van der Waals surface area contributed by atoms with Crippen molar-refractivity contribution in [1.29, 1.82) is 0 Å². The van der Waals surface area contributed by atoms with Crippen LogP contribution in [0, 0.1) is 5.92 Å². The van der Waals surface area contributed by atoms with E-state index < -0.39 is 5.60 Å². The van der Waals surface area contributed by atoms with E-state index in [4.69, 9.17) is 4.74 Å². The maximum atomic E-state index is 12.0. The van der Waals surface area contributed by atoms with E-state index in [-0.39, 0.29) is 17.3 Å². The summed E-state index contributed by atoms with van der Waals surface area (Å²) in [5.41, 5.74) is -0.459. The van der Waals surface area contributed by atoms with Crippen LogP contribution in [0.2, 0.25) is 0 Å². The Bertz CT molecular complexity index is 394. The third-order valence-electron chi connectivity index (χ3n) is 3.61. The third kappa shape index (κ3) is 4.04. The first-order valence-corrected chi connectivity index (χ1v) is 7.70. The topological polar surface area (TPSA) is 49.9 Å². The molecule has 2 saturated heterocycles. The Hall–Kier alpha value is -0.910. The fourth-order valence-electron chi connectivity index (χ4n) is 2.71. The molecule has 0 aromatic carbocycles. The van der Waals surface area contributed by atoms with Crippen molar-refractivity contribution in [3.63, 3.8) is 0 Å². The minimum absolute atomic E-state index is 0.158. The van der Waals surface area contributed by atoms with Crippen LogP contribution >= 0.6 is 12.6 Å². The van der Waals surface area contributed by atoms with Crippen molar-refractivity contribution < 1.29 is 14.3 Å². The van der Waals surface area contributed by atoms with Gasteiger partial charge in [0.25, 0.3) is 0 Å². The Balaban J connectivity index is 1.81. The third-order valence-corrected chi connectivity index (χ3v) is 3.96. The lowest BCUT2D eigenvalue weighted by Gasteiger charge is -2.25. The molecule has 0 aliphatic carbocycles. The van der Waals surface area contributed by atoms with Crippen LogP contribution in [-0.4, -0.2) is 58.8 Å². The molecule has 2 rings (SSSR count). The normalized spacial score (nSPS) is 27.3. The molecule has 0 saturated carbocycles. The second-order valence-corrected chi connectivity index (χ2v) is 7.47. The zero-order valence-corrected chi connectivity index (χ0v) is 13.4. The first kappa shape index (κ1) is 15.5. The molecule has 0 aromatic heterocycles. The summed E-state index contributed by atoms with van der Waals surface area (Å²) in [7, 11) is 0. The Kier molecular flexibility index (Phi) is 4.52. The molecule has 2 fully saturated rings. The van der Waals surface area contributed by atoms with Crippen LogP contribution in [0.15, 0.2) is 0 Å². The van der Waals surface area contributed by atoms with E-state index >= 15 is 0 Å². The van der Waals surface area contributed by atoms with Crippen molar-refractivity contribution in [3.8, 4) is 0 Å². The molecule has 20 heavy (non-hydrogen) atoms. The van der Waals surface area contributed by atoms with E-state index in [9.17, 15) is 9.59 Å². The van der Waals surface area contributed by atoms with Gasteiger partial charge in [0, 0.05) is 37.8 Å². The fraction of sp³-hybridized carbons (Fsp3) is 0.857. The lowest BCUT2D eigenvalue weighted by atomic mass is 10.1. The molecule has 2 atom stereocenters. The Labute approximate surface area is 126 Å². The minimum Gasteiger partial charge on any atom is -0.444 e. The Morgan fingerprint density at radius 3 is 2.65 bits per heavy atom. The number of likely N-dealkylation sites (tertiary alicyclic amines) is 2. The molecule has 0 spiro atoms. The zero-order valence-electron chi connectivity index (χ0n) is 12.5. The summed E-state index contributed by atoms with van der Waals surface area (Å²) >= 11 is 4.36. The SMILES string of the molecule is CC(C)(C)OC(=O)N1CC[C@H](CN2CC(S)CC2=O)C1. The van der Waals surface area contributed by atoms with E-state index in [1.807, 2.05) is 25.7 Å². The molecule has 2 aliphatic heterocycles. The smallest absolute Gasteiger partial charge is 0.410 e. The highest BCUT2D eigenvalue weighted by Gasteiger charge is 2.34. The van der Waals surface area contributed by atoms with E-state index in [2.05, 4.69) is 12.6 Å². The first-order valence-electron chi connectivity index (χ1n) is 7.18. The predicted molar refractivity (Wildman–Crippen MR) is 79.9 cm³/mol. The van der Waals surface area contributed by atoms with Gasteiger partial charge in [-0.2, -0.15) is 12.6 Å². The van der Waals surface area contributed by atoms with E-state index in [1.165, 1.54) is 0 Å². The molecule has 2 heterocycles. The second-order valence-electron chi connectivity index (χ2n) is 6.74. The molecule has 1 unspecified atom stereocenters. The number of hydrogen-bond donors (Lipinski definition) is 1. The predicted octanol–water partition coefficient (Wildman–Crippen LogP) is 1.77. The molecule has 0 bridgehead atoms. The highest BCUT2D eigenvalue weighted by Crippen LogP contribution is 2.23. The van der Waals surface area contributed by atoms with Gasteiger partial charge >= 0.3 is 6.09 Å². The van der Waals surface area contributed by atoms with Gasteiger partial charge < -0.3 is 14.5 Å². The van der Waals surface area contributed by atoms with Crippen LogP contribution in [0.3, 0.4) is 0 Å². The van der Waals surface area contributed by atoms with Crippen LogP contribution < -0.4 is 0 Å². The summed E-state index contributed by atoms with van der Waals surface area (Å²) in [6.07, 6.45) is 1.21. The molecule has 0 radical (unpaired) electrons. The number of carbonyl (C=O) groups excluding carboxylic acids is 2. The van der Waals surface area contributed by atoms with Gasteiger partial charge in [-0.3, -0.25) is 4.79 Å². The molecular weight excluding hydrogens is 276 g/mol. The average molecular weight is 300 g/mol. The lowest BCUT2D eigenvalue weighted by molar-refractivity contribution is -0.128. The van der Waals surface area contributed by atoms with E-state index in [0.29, 0.717) is 25.4 Å². The Morgan fingerprint density at radius 1 is 1.40 bits per heavy atom. The van der Waals surface area contributed by atoms with Gasteiger partial charge in [-0.25, -0.2) is 4.79 Å². The molecule has 0 aromatic rings. The van der Waals surface area contributed by atoms with Crippen molar-refractivity contribution in [2.75, 3.05) is 26.2 Å². The largest absolute Gasteiger partial charge is 0.444 e. The highest BCUT2D eigenvalue weighted by molar-refractivity contribution is 7.81. The number of nitrogens with zero attached hydrogens (tertiary/aromatic N) is 2. The van der Waals surface area contributed by atoms with Crippen molar-refractivity contribution in [3.05, 3.63) is 0 Å². The molecule has 114 valence electrons. The van der Waals surface area contributed by atoms with Gasteiger partial charge in [-0.15, -0.1) is 0 Å². The standard InChI is InChI=1S/C14H24N2O3S/c1-14(2,3)19-13(18)15-5-4-10(7-15)8-16-9-11(20)6-12(16)17/h10-11,20H,4-9H2,1-3H3/t10-,11?/m0/s1. The molecular formula is C14H24N2O3S. The molecule has 2 aliphatic rings. The summed E-state index contributed by atoms with van der Waals surface area (Å²) in [4.78, 5) is 27.3. The van der Waals surface area contributed by atoms with Crippen molar-refractivity contribution >= 4 is 24.6 Å². The van der Waals surface area contributed by atoms with Crippen LogP contribution in [0.1, 0.15) is 33.6 Å². The molecule has 5 nitrogen and oxygen atoms in total. The summed E-state index contributed by atoms with van der Waals surface area (Å²) in [6, 6.07) is 0. The Morgan fingerprint density at radius 2 is 2.10 bits per heavy atom. The number of rotatable bonds is 2. The minimum atomic E-state index is -0.459. The van der Waals surface area contributed by atoms with Crippen LogP contribution in [0.25, 0.3) is 0 Å². The van der Waals surface area contributed by atoms with Gasteiger partial charge in [0.1, 0.15) is 5.60 Å². The highest BCUT2D eigenvalue weighted by atomic mass is 32.1. The maximum absolute atomic E-state index is 12.0. The molecule has 2 amide bonds. The van der Waals surface area contributed by atoms with Gasteiger partial charge in [-0.1, -0.05) is 0 Å². The van der Waals surface area contributed by atoms with Crippen LogP contribution in [0.4, 0.5) is 4.79 Å². The second kappa shape index (κ2) is 5.84. The monoisotopic (exact) mass is 300 g/mol. The van der Waals surface area contributed by atoms with Crippen molar-refractivity contribution in [2.24, 2.45) is 5.92 Å². The quantitative estimate of drug-likeness (QED) is 0.791.